The molecule has 118 valence electrons. The lowest BCUT2D eigenvalue weighted by Crippen LogP contribution is -2.39. The molecule has 1 aromatic carbocycles. The number of rotatable bonds is 7. The molecule has 0 bridgehead atoms. The van der Waals surface area contributed by atoms with Crippen molar-refractivity contribution in [2.45, 2.75) is 50.1 Å². The summed E-state index contributed by atoms with van der Waals surface area (Å²) in [4.78, 5) is -0.366. The average Bonchev–Trinajstić information content (AvgIpc) is 2.38. The quantitative estimate of drug-likeness (QED) is 0.754. The van der Waals surface area contributed by atoms with Crippen LogP contribution in [0.4, 0.5) is 4.39 Å². The van der Waals surface area contributed by atoms with Crippen LogP contribution in [0.25, 0.3) is 0 Å². The minimum absolute atomic E-state index is 0.0879. The van der Waals surface area contributed by atoms with Gasteiger partial charge in [-0.2, -0.15) is 0 Å². The summed E-state index contributed by atoms with van der Waals surface area (Å²) in [5.74, 6) is -0.727. The van der Waals surface area contributed by atoms with Gasteiger partial charge in [0.25, 0.3) is 0 Å². The van der Waals surface area contributed by atoms with E-state index in [0.717, 1.165) is 32.2 Å². The van der Waals surface area contributed by atoms with Gasteiger partial charge in [-0.25, -0.2) is 17.5 Å². The lowest BCUT2D eigenvalue weighted by molar-refractivity contribution is 0.382. The third-order valence-electron chi connectivity index (χ3n) is 3.54. The molecule has 1 fully saturated rings. The highest BCUT2D eigenvalue weighted by atomic mass is 35.5. The van der Waals surface area contributed by atoms with Crippen LogP contribution in [-0.4, -0.2) is 21.0 Å². The lowest BCUT2D eigenvalue weighted by atomic mass is 9.94. The summed E-state index contributed by atoms with van der Waals surface area (Å²) in [5, 5.41) is 3.27. The van der Waals surface area contributed by atoms with E-state index < -0.39 is 15.8 Å². The molecule has 0 spiro atoms. The van der Waals surface area contributed by atoms with Gasteiger partial charge in [-0.3, -0.25) is 0 Å². The summed E-state index contributed by atoms with van der Waals surface area (Å²) in [6.07, 6.45) is 3.51. The molecule has 2 N–H and O–H groups in total. The molecule has 0 radical (unpaired) electrons. The van der Waals surface area contributed by atoms with Gasteiger partial charge < -0.3 is 5.32 Å². The second-order valence-electron chi connectivity index (χ2n) is 5.30. The number of hydrogen-bond acceptors (Lipinski definition) is 3. The molecule has 2 rings (SSSR count). The summed E-state index contributed by atoms with van der Waals surface area (Å²) in [6, 6.07) is 2.54. The Hall–Kier alpha value is -0.690. The molecule has 0 unspecified atom stereocenters. The Morgan fingerprint density at radius 2 is 2.10 bits per heavy atom. The van der Waals surface area contributed by atoms with Crippen LogP contribution in [-0.2, 0) is 16.6 Å². The minimum Gasteiger partial charge on any atom is -0.313 e. The Morgan fingerprint density at radius 3 is 2.67 bits per heavy atom. The monoisotopic (exact) mass is 334 g/mol. The Morgan fingerprint density at radius 1 is 1.38 bits per heavy atom. The predicted molar refractivity (Wildman–Crippen MR) is 81.4 cm³/mol. The summed E-state index contributed by atoms with van der Waals surface area (Å²) in [7, 11) is -3.86. The van der Waals surface area contributed by atoms with Crippen LogP contribution in [0.3, 0.4) is 0 Å². The van der Waals surface area contributed by atoms with Gasteiger partial charge in [0.2, 0.25) is 10.0 Å². The van der Waals surface area contributed by atoms with Crippen molar-refractivity contribution in [1.29, 1.82) is 0 Å². The van der Waals surface area contributed by atoms with Crippen molar-refractivity contribution in [3.8, 4) is 0 Å². The summed E-state index contributed by atoms with van der Waals surface area (Å²) >= 11 is 5.94. The average molecular weight is 335 g/mol. The second-order valence-corrected chi connectivity index (χ2v) is 7.42. The van der Waals surface area contributed by atoms with Crippen molar-refractivity contribution >= 4 is 21.6 Å². The van der Waals surface area contributed by atoms with Gasteiger partial charge in [0.1, 0.15) is 10.7 Å². The van der Waals surface area contributed by atoms with E-state index in [4.69, 9.17) is 11.6 Å². The van der Waals surface area contributed by atoms with Crippen LogP contribution in [0.2, 0.25) is 5.02 Å². The first kappa shape index (κ1) is 16.7. The molecule has 0 heterocycles. The van der Waals surface area contributed by atoms with Crippen LogP contribution in [0.1, 0.15) is 38.2 Å². The molecular weight excluding hydrogens is 315 g/mol. The van der Waals surface area contributed by atoms with Crippen molar-refractivity contribution in [1.82, 2.24) is 10.0 Å². The van der Waals surface area contributed by atoms with E-state index in [9.17, 15) is 12.8 Å². The molecule has 1 saturated carbocycles. The Bertz CT molecular complexity index is 603. The Balaban J connectivity index is 2.25. The lowest BCUT2D eigenvalue weighted by Gasteiger charge is -2.26. The van der Waals surface area contributed by atoms with Crippen molar-refractivity contribution in [3.05, 3.63) is 28.5 Å². The van der Waals surface area contributed by atoms with E-state index in [2.05, 4.69) is 10.0 Å². The number of nitrogens with one attached hydrogen (secondary N) is 2. The SMILES string of the molecule is CCCNCc1cc(Cl)cc(S(=O)(=O)NC2CCC2)c1F. The maximum absolute atomic E-state index is 14.4. The van der Waals surface area contributed by atoms with Crippen molar-refractivity contribution in [3.63, 3.8) is 0 Å². The summed E-state index contributed by atoms with van der Waals surface area (Å²) < 4.78 is 41.5. The Kier molecular flexibility index (Phi) is 5.60. The first-order valence-electron chi connectivity index (χ1n) is 7.15. The van der Waals surface area contributed by atoms with E-state index in [-0.39, 0.29) is 28.1 Å². The second kappa shape index (κ2) is 7.05. The zero-order chi connectivity index (χ0) is 15.5. The standard InChI is InChI=1S/C14H20ClFN2O2S/c1-2-6-17-9-10-7-11(15)8-13(14(10)16)21(19,20)18-12-4-3-5-12/h7-8,12,17-18H,2-6,9H2,1H3. The van der Waals surface area contributed by atoms with Crippen LogP contribution in [0.15, 0.2) is 17.0 Å². The third-order valence-corrected chi connectivity index (χ3v) is 5.28. The van der Waals surface area contributed by atoms with Gasteiger partial charge in [-0.05, 0) is 37.9 Å². The van der Waals surface area contributed by atoms with Gasteiger partial charge in [-0.15, -0.1) is 0 Å². The molecule has 0 amide bonds. The van der Waals surface area contributed by atoms with Crippen LogP contribution >= 0.6 is 11.6 Å². The fraction of sp³-hybridized carbons (Fsp3) is 0.571. The molecule has 0 aromatic heterocycles. The summed E-state index contributed by atoms with van der Waals surface area (Å²) in [5.41, 5.74) is 0.268. The number of halogens is 2. The molecular formula is C14H20ClFN2O2S. The molecule has 1 aliphatic carbocycles. The van der Waals surface area contributed by atoms with Crippen LogP contribution in [0, 0.1) is 5.82 Å². The van der Waals surface area contributed by atoms with Crippen molar-refractivity contribution < 1.29 is 12.8 Å². The zero-order valence-electron chi connectivity index (χ0n) is 12.0. The molecule has 7 heteroatoms. The van der Waals surface area contributed by atoms with Gasteiger partial charge in [0, 0.05) is 23.2 Å². The maximum Gasteiger partial charge on any atom is 0.243 e. The molecule has 1 aliphatic rings. The van der Waals surface area contributed by atoms with Crippen LogP contribution in [0.5, 0.6) is 0 Å². The fourth-order valence-corrected chi connectivity index (χ4v) is 3.91. The van der Waals surface area contributed by atoms with Crippen LogP contribution < -0.4 is 10.0 Å². The summed E-state index contributed by atoms with van der Waals surface area (Å²) in [6.45, 7) is 2.99. The highest BCUT2D eigenvalue weighted by Crippen LogP contribution is 2.26. The minimum atomic E-state index is -3.86. The van der Waals surface area contributed by atoms with E-state index in [1.54, 1.807) is 0 Å². The Labute approximate surface area is 130 Å². The van der Waals surface area contributed by atoms with Gasteiger partial charge in [0.15, 0.2) is 0 Å². The van der Waals surface area contributed by atoms with E-state index in [0.29, 0.717) is 0 Å². The first-order valence-corrected chi connectivity index (χ1v) is 9.01. The van der Waals surface area contributed by atoms with Gasteiger partial charge in [0.05, 0.1) is 0 Å². The van der Waals surface area contributed by atoms with Gasteiger partial charge >= 0.3 is 0 Å². The molecule has 21 heavy (non-hydrogen) atoms. The van der Waals surface area contributed by atoms with Gasteiger partial charge in [-0.1, -0.05) is 24.9 Å². The number of hydrogen-bond donors (Lipinski definition) is 2. The molecule has 4 nitrogen and oxygen atoms in total. The molecule has 1 aromatic rings. The van der Waals surface area contributed by atoms with E-state index in [1.807, 2.05) is 6.92 Å². The molecule has 0 atom stereocenters. The molecule has 0 aliphatic heterocycles. The number of sulfonamides is 1. The molecule has 0 saturated heterocycles. The maximum atomic E-state index is 14.4. The first-order chi connectivity index (χ1) is 9.94. The van der Waals surface area contributed by atoms with Crippen molar-refractivity contribution in [2.24, 2.45) is 0 Å². The van der Waals surface area contributed by atoms with E-state index >= 15 is 0 Å². The van der Waals surface area contributed by atoms with E-state index in [1.165, 1.54) is 12.1 Å². The highest BCUT2D eigenvalue weighted by Gasteiger charge is 2.28. The third kappa shape index (κ3) is 4.16. The zero-order valence-corrected chi connectivity index (χ0v) is 13.5. The van der Waals surface area contributed by atoms with Crippen molar-refractivity contribution in [2.75, 3.05) is 6.54 Å². The largest absolute Gasteiger partial charge is 0.313 e. The highest BCUT2D eigenvalue weighted by molar-refractivity contribution is 7.89. The normalized spacial score (nSPS) is 16.0. The number of benzene rings is 1. The smallest absolute Gasteiger partial charge is 0.243 e. The fourth-order valence-electron chi connectivity index (χ4n) is 2.15. The predicted octanol–water partition coefficient (Wildman–Crippen LogP) is 2.81. The topological polar surface area (TPSA) is 58.2 Å².